The number of nitrogens with one attached hydrogen (secondary N) is 1. The maximum atomic E-state index is 12.5. The number of anilines is 2. The number of methoxy groups -OCH3 is 1. The minimum atomic E-state index is -0.444. The van der Waals surface area contributed by atoms with Crippen LogP contribution in [0.1, 0.15) is 33.6 Å². The standard InChI is InChI=1S/C20H15N3O5S/c1-28-19(27)12-4-7-14-15(10-12)29-20(21-14)22-18(26)11-2-5-13(6-3-11)23-16(24)8-9-17(23)25/h2-7,10H,8-9H2,1H3,(H,21,22,26). The van der Waals surface area contributed by atoms with Crippen LogP contribution in [0.2, 0.25) is 0 Å². The van der Waals surface area contributed by atoms with E-state index in [1.54, 1.807) is 42.5 Å². The summed E-state index contributed by atoms with van der Waals surface area (Å²) in [5.41, 5.74) is 1.87. The van der Waals surface area contributed by atoms with Gasteiger partial charge in [-0.1, -0.05) is 11.3 Å². The first-order valence-electron chi connectivity index (χ1n) is 8.72. The van der Waals surface area contributed by atoms with Crippen LogP contribution in [-0.2, 0) is 14.3 Å². The second-order valence-corrected chi connectivity index (χ2v) is 7.35. The van der Waals surface area contributed by atoms with Gasteiger partial charge >= 0.3 is 5.97 Å². The van der Waals surface area contributed by atoms with Crippen LogP contribution in [0.5, 0.6) is 0 Å². The fraction of sp³-hybridized carbons (Fsp3) is 0.150. The molecule has 0 bridgehead atoms. The lowest BCUT2D eigenvalue weighted by atomic mass is 10.2. The SMILES string of the molecule is COC(=O)c1ccc2nc(NC(=O)c3ccc(N4C(=O)CCC4=O)cc3)sc2c1. The Kier molecular flexibility index (Phi) is 4.81. The second-order valence-electron chi connectivity index (χ2n) is 6.32. The van der Waals surface area contributed by atoms with Crippen molar-refractivity contribution in [1.82, 2.24) is 4.98 Å². The number of amides is 3. The average molecular weight is 409 g/mol. The van der Waals surface area contributed by atoms with Crippen molar-refractivity contribution in [2.24, 2.45) is 0 Å². The number of nitrogens with zero attached hydrogens (tertiary/aromatic N) is 2. The van der Waals surface area contributed by atoms with Crippen molar-refractivity contribution in [3.8, 4) is 0 Å². The molecule has 1 aliphatic heterocycles. The van der Waals surface area contributed by atoms with Crippen LogP contribution >= 0.6 is 11.3 Å². The van der Waals surface area contributed by atoms with Gasteiger partial charge in [0.1, 0.15) is 0 Å². The molecule has 0 aliphatic carbocycles. The minimum Gasteiger partial charge on any atom is -0.465 e. The van der Waals surface area contributed by atoms with Crippen LogP contribution in [0.4, 0.5) is 10.8 Å². The van der Waals surface area contributed by atoms with Crippen LogP contribution in [0.15, 0.2) is 42.5 Å². The van der Waals surface area contributed by atoms with Crippen LogP contribution in [-0.4, -0.2) is 35.8 Å². The summed E-state index contributed by atoms with van der Waals surface area (Å²) in [6.07, 6.45) is 0.409. The fourth-order valence-corrected chi connectivity index (χ4v) is 3.92. The van der Waals surface area contributed by atoms with Gasteiger partial charge in [-0.25, -0.2) is 9.78 Å². The number of esters is 1. The molecule has 146 valence electrons. The first kappa shape index (κ1) is 18.8. The van der Waals surface area contributed by atoms with E-state index in [1.165, 1.54) is 18.4 Å². The molecular weight excluding hydrogens is 394 g/mol. The maximum Gasteiger partial charge on any atom is 0.337 e. The number of hydrogen-bond donors (Lipinski definition) is 1. The van der Waals surface area contributed by atoms with E-state index in [0.29, 0.717) is 27.5 Å². The molecule has 1 aromatic heterocycles. The van der Waals surface area contributed by atoms with Crippen LogP contribution in [0.3, 0.4) is 0 Å². The topological polar surface area (TPSA) is 106 Å². The van der Waals surface area contributed by atoms with Gasteiger partial charge in [0.2, 0.25) is 11.8 Å². The molecule has 1 aliphatic rings. The lowest BCUT2D eigenvalue weighted by molar-refractivity contribution is -0.121. The first-order chi connectivity index (χ1) is 14.0. The normalized spacial score (nSPS) is 13.8. The van der Waals surface area contributed by atoms with Gasteiger partial charge in [0.25, 0.3) is 5.91 Å². The molecular formula is C20H15N3O5S. The number of hydrogen-bond acceptors (Lipinski definition) is 7. The number of carbonyl (C=O) groups excluding carboxylic acids is 4. The smallest absolute Gasteiger partial charge is 0.337 e. The van der Waals surface area contributed by atoms with E-state index >= 15 is 0 Å². The largest absolute Gasteiger partial charge is 0.465 e. The number of benzene rings is 2. The highest BCUT2D eigenvalue weighted by Gasteiger charge is 2.30. The molecule has 1 saturated heterocycles. The summed E-state index contributed by atoms with van der Waals surface area (Å²) in [7, 11) is 1.31. The summed E-state index contributed by atoms with van der Waals surface area (Å²) in [6.45, 7) is 0. The van der Waals surface area contributed by atoms with Gasteiger partial charge < -0.3 is 4.74 Å². The highest BCUT2D eigenvalue weighted by atomic mass is 32.1. The van der Waals surface area contributed by atoms with E-state index in [1.807, 2.05) is 0 Å². The molecule has 1 N–H and O–H groups in total. The predicted octanol–water partition coefficient (Wildman–Crippen LogP) is 2.99. The number of carbonyl (C=O) groups is 4. The van der Waals surface area contributed by atoms with E-state index in [0.717, 1.165) is 9.60 Å². The van der Waals surface area contributed by atoms with Crippen molar-refractivity contribution in [3.63, 3.8) is 0 Å². The van der Waals surface area contributed by atoms with E-state index < -0.39 is 5.97 Å². The quantitative estimate of drug-likeness (QED) is 0.525. The fourth-order valence-electron chi connectivity index (χ4n) is 3.02. The Labute approximate surface area is 169 Å². The van der Waals surface area contributed by atoms with Crippen molar-refractivity contribution < 1.29 is 23.9 Å². The first-order valence-corrected chi connectivity index (χ1v) is 9.54. The third kappa shape index (κ3) is 3.59. The van der Waals surface area contributed by atoms with Crippen LogP contribution < -0.4 is 10.2 Å². The molecule has 9 heteroatoms. The van der Waals surface area contributed by atoms with Gasteiger partial charge in [0.15, 0.2) is 5.13 Å². The lowest BCUT2D eigenvalue weighted by Gasteiger charge is -2.13. The zero-order valence-electron chi connectivity index (χ0n) is 15.3. The molecule has 0 atom stereocenters. The Bertz CT molecular complexity index is 1140. The lowest BCUT2D eigenvalue weighted by Crippen LogP contribution is -2.28. The molecule has 1 fully saturated rings. The summed E-state index contributed by atoms with van der Waals surface area (Å²) >= 11 is 1.24. The maximum absolute atomic E-state index is 12.5. The van der Waals surface area contributed by atoms with Gasteiger partial charge in [0.05, 0.1) is 28.6 Å². The van der Waals surface area contributed by atoms with Crippen molar-refractivity contribution in [1.29, 1.82) is 0 Å². The Morgan fingerprint density at radius 2 is 1.69 bits per heavy atom. The summed E-state index contributed by atoms with van der Waals surface area (Å²) in [4.78, 5) is 53.2. The number of thiazole rings is 1. The van der Waals surface area contributed by atoms with Crippen LogP contribution in [0.25, 0.3) is 10.2 Å². The van der Waals surface area contributed by atoms with Crippen molar-refractivity contribution >= 4 is 56.1 Å². The highest BCUT2D eigenvalue weighted by molar-refractivity contribution is 7.22. The molecule has 0 unspecified atom stereocenters. The van der Waals surface area contributed by atoms with E-state index in [4.69, 9.17) is 4.74 Å². The third-order valence-corrected chi connectivity index (χ3v) is 5.40. The number of fused-ring (bicyclic) bond motifs is 1. The Morgan fingerprint density at radius 3 is 2.34 bits per heavy atom. The Hall–Kier alpha value is -3.59. The summed E-state index contributed by atoms with van der Waals surface area (Å²) in [6, 6.07) is 11.2. The molecule has 4 rings (SSSR count). The summed E-state index contributed by atoms with van der Waals surface area (Å²) in [5, 5.41) is 3.11. The monoisotopic (exact) mass is 409 g/mol. The molecule has 0 radical (unpaired) electrons. The Balaban J connectivity index is 1.51. The summed E-state index contributed by atoms with van der Waals surface area (Å²) < 4.78 is 5.44. The molecule has 3 amide bonds. The molecule has 2 aromatic carbocycles. The molecule has 0 spiro atoms. The zero-order chi connectivity index (χ0) is 20.5. The molecule has 2 heterocycles. The van der Waals surface area contributed by atoms with Crippen molar-refractivity contribution in [3.05, 3.63) is 53.6 Å². The molecule has 0 saturated carbocycles. The van der Waals surface area contributed by atoms with E-state index in [9.17, 15) is 19.2 Å². The van der Waals surface area contributed by atoms with Gasteiger partial charge in [-0.05, 0) is 42.5 Å². The Morgan fingerprint density at radius 1 is 1.03 bits per heavy atom. The molecule has 3 aromatic rings. The van der Waals surface area contributed by atoms with Gasteiger partial charge in [-0.2, -0.15) is 0 Å². The second kappa shape index (κ2) is 7.44. The average Bonchev–Trinajstić information content (AvgIpc) is 3.28. The number of rotatable bonds is 4. The molecule has 8 nitrogen and oxygen atoms in total. The zero-order valence-corrected chi connectivity index (χ0v) is 16.1. The van der Waals surface area contributed by atoms with Crippen molar-refractivity contribution in [2.45, 2.75) is 12.8 Å². The molecule has 29 heavy (non-hydrogen) atoms. The highest BCUT2D eigenvalue weighted by Crippen LogP contribution is 2.28. The van der Waals surface area contributed by atoms with Gasteiger partial charge in [0, 0.05) is 18.4 Å². The van der Waals surface area contributed by atoms with Gasteiger partial charge in [-0.15, -0.1) is 0 Å². The summed E-state index contributed by atoms with van der Waals surface area (Å²) in [5.74, 6) is -1.30. The number of aromatic nitrogens is 1. The van der Waals surface area contributed by atoms with E-state index in [-0.39, 0.29) is 30.6 Å². The van der Waals surface area contributed by atoms with Crippen LogP contribution in [0, 0.1) is 0 Å². The predicted molar refractivity (Wildman–Crippen MR) is 107 cm³/mol. The number of ether oxygens (including phenoxy) is 1. The number of imide groups is 1. The third-order valence-electron chi connectivity index (χ3n) is 4.47. The minimum absolute atomic E-state index is 0.205. The van der Waals surface area contributed by atoms with Gasteiger partial charge in [-0.3, -0.25) is 24.6 Å². The van der Waals surface area contributed by atoms with E-state index in [2.05, 4.69) is 10.3 Å². The van der Waals surface area contributed by atoms with Crippen molar-refractivity contribution in [2.75, 3.05) is 17.3 Å².